The van der Waals surface area contributed by atoms with Crippen molar-refractivity contribution in [2.75, 3.05) is 5.75 Å². The van der Waals surface area contributed by atoms with Gasteiger partial charge in [-0.15, -0.1) is 0 Å². The standard InChI is InChI=1S/C8H15NO4S.K/c1-6(2)7(10)9-8(3,4)5-14(11,12)13;/h1,5H2,2-4H3,(H,9,10)(H,11,12,13);/q;+1/p-1. The Morgan fingerprint density at radius 2 is 1.87 bits per heavy atom. The summed E-state index contributed by atoms with van der Waals surface area (Å²) in [6.07, 6.45) is 0. The predicted molar refractivity (Wildman–Crippen MR) is 51.6 cm³/mol. The molecule has 7 heteroatoms. The Kier molecular flexibility index (Phi) is 7.83. The summed E-state index contributed by atoms with van der Waals surface area (Å²) in [6.45, 7) is 7.82. The Balaban J connectivity index is 0. The molecule has 82 valence electrons. The van der Waals surface area contributed by atoms with Crippen LogP contribution in [-0.4, -0.2) is 30.2 Å². The van der Waals surface area contributed by atoms with Crippen LogP contribution in [-0.2, 0) is 14.9 Å². The SMILES string of the molecule is C=C(C)C(=O)NC(C)(C)CS(=O)(=O)[O-].[K+]. The van der Waals surface area contributed by atoms with Crippen LogP contribution in [0.5, 0.6) is 0 Å². The quantitative estimate of drug-likeness (QED) is 0.331. The molecule has 0 radical (unpaired) electrons. The maximum atomic E-state index is 11.1. The van der Waals surface area contributed by atoms with Crippen LogP contribution in [0.2, 0.25) is 0 Å². The molecule has 0 spiro atoms. The summed E-state index contributed by atoms with van der Waals surface area (Å²) in [5.41, 5.74) is -0.808. The minimum Gasteiger partial charge on any atom is -0.748 e. The Morgan fingerprint density at radius 3 is 2.13 bits per heavy atom. The van der Waals surface area contributed by atoms with Crippen molar-refractivity contribution in [3.8, 4) is 0 Å². The van der Waals surface area contributed by atoms with Gasteiger partial charge in [-0.1, -0.05) is 6.58 Å². The van der Waals surface area contributed by atoms with Crippen molar-refractivity contribution in [2.45, 2.75) is 26.3 Å². The third-order valence-corrected chi connectivity index (χ3v) is 2.45. The predicted octanol–water partition coefficient (Wildman–Crippen LogP) is -2.99. The number of amides is 1. The summed E-state index contributed by atoms with van der Waals surface area (Å²) in [7, 11) is -4.35. The average Bonchev–Trinajstić information content (AvgIpc) is 1.78. The van der Waals surface area contributed by atoms with Crippen molar-refractivity contribution in [3.05, 3.63) is 12.2 Å². The van der Waals surface area contributed by atoms with E-state index in [4.69, 9.17) is 0 Å². The van der Waals surface area contributed by atoms with Crippen LogP contribution in [0.15, 0.2) is 12.2 Å². The smallest absolute Gasteiger partial charge is 0.748 e. The molecule has 0 aliphatic carbocycles. The van der Waals surface area contributed by atoms with Gasteiger partial charge in [-0.2, -0.15) is 0 Å². The Bertz CT molecular complexity index is 348. The van der Waals surface area contributed by atoms with Crippen molar-refractivity contribution < 1.29 is 69.1 Å². The van der Waals surface area contributed by atoms with Crippen molar-refractivity contribution in [1.82, 2.24) is 5.32 Å². The van der Waals surface area contributed by atoms with Gasteiger partial charge in [0.15, 0.2) is 0 Å². The van der Waals surface area contributed by atoms with Crippen molar-refractivity contribution in [3.63, 3.8) is 0 Å². The van der Waals surface area contributed by atoms with Gasteiger partial charge < -0.3 is 9.87 Å². The summed E-state index contributed by atoms with van der Waals surface area (Å²) in [4.78, 5) is 11.1. The summed E-state index contributed by atoms with van der Waals surface area (Å²) >= 11 is 0. The van der Waals surface area contributed by atoms with E-state index in [1.807, 2.05) is 0 Å². The molecule has 0 rings (SSSR count). The van der Waals surface area contributed by atoms with E-state index in [9.17, 15) is 17.8 Å². The molecule has 0 heterocycles. The summed E-state index contributed by atoms with van der Waals surface area (Å²) in [5.74, 6) is -1.10. The molecule has 0 unspecified atom stereocenters. The van der Waals surface area contributed by atoms with E-state index >= 15 is 0 Å². The van der Waals surface area contributed by atoms with Gasteiger partial charge in [-0.3, -0.25) is 4.79 Å². The minimum atomic E-state index is -4.35. The minimum absolute atomic E-state index is 0. The number of rotatable bonds is 4. The van der Waals surface area contributed by atoms with E-state index in [2.05, 4.69) is 11.9 Å². The Labute approximate surface area is 133 Å². The molecule has 15 heavy (non-hydrogen) atoms. The molecule has 0 aliphatic rings. The summed E-state index contributed by atoms with van der Waals surface area (Å²) in [6, 6.07) is 0. The van der Waals surface area contributed by atoms with Gasteiger partial charge in [-0.25, -0.2) is 8.42 Å². The largest absolute Gasteiger partial charge is 1.00 e. The molecular formula is C8H14KNO4S. The second-order valence-electron chi connectivity index (χ2n) is 3.82. The van der Waals surface area contributed by atoms with E-state index < -0.39 is 27.3 Å². The van der Waals surface area contributed by atoms with Crippen molar-refractivity contribution >= 4 is 16.0 Å². The molecule has 0 aromatic heterocycles. The fourth-order valence-corrected chi connectivity index (χ4v) is 1.85. The number of nitrogens with one attached hydrogen (secondary N) is 1. The van der Waals surface area contributed by atoms with E-state index in [1.165, 1.54) is 20.8 Å². The molecule has 0 atom stereocenters. The van der Waals surface area contributed by atoms with Crippen LogP contribution in [0.3, 0.4) is 0 Å². The number of carbonyl (C=O) groups excluding carboxylic acids is 1. The van der Waals surface area contributed by atoms with Crippen LogP contribution in [0.1, 0.15) is 20.8 Å². The van der Waals surface area contributed by atoms with Gasteiger partial charge in [0.2, 0.25) is 5.91 Å². The van der Waals surface area contributed by atoms with Gasteiger partial charge >= 0.3 is 51.4 Å². The first kappa shape index (κ1) is 18.1. The molecule has 0 bridgehead atoms. The van der Waals surface area contributed by atoms with Crippen LogP contribution in [0.25, 0.3) is 0 Å². The number of carbonyl (C=O) groups is 1. The fraction of sp³-hybridized carbons (Fsp3) is 0.625. The molecule has 0 aromatic carbocycles. The third-order valence-electron chi connectivity index (χ3n) is 1.38. The van der Waals surface area contributed by atoms with E-state index in [1.54, 1.807) is 0 Å². The number of hydrogen-bond acceptors (Lipinski definition) is 4. The molecule has 1 N–H and O–H groups in total. The third kappa shape index (κ3) is 9.67. The molecule has 0 fully saturated rings. The second-order valence-corrected chi connectivity index (χ2v) is 5.22. The molecule has 1 amide bonds. The first-order valence-corrected chi connectivity index (χ1v) is 5.53. The normalized spacial score (nSPS) is 11.5. The van der Waals surface area contributed by atoms with E-state index in [-0.39, 0.29) is 57.0 Å². The Morgan fingerprint density at radius 1 is 1.47 bits per heavy atom. The first-order valence-electron chi connectivity index (χ1n) is 3.95. The molecule has 0 aromatic rings. The van der Waals surface area contributed by atoms with Gasteiger partial charge in [0.05, 0.1) is 15.9 Å². The van der Waals surface area contributed by atoms with Crippen LogP contribution < -0.4 is 56.7 Å². The zero-order chi connectivity index (χ0) is 11.6. The van der Waals surface area contributed by atoms with Gasteiger partial charge in [0.25, 0.3) is 0 Å². The average molecular weight is 259 g/mol. The summed E-state index contributed by atoms with van der Waals surface area (Å²) in [5, 5.41) is 2.39. The molecular weight excluding hydrogens is 245 g/mol. The summed E-state index contributed by atoms with van der Waals surface area (Å²) < 4.78 is 31.4. The first-order chi connectivity index (χ1) is 6.03. The van der Waals surface area contributed by atoms with Crippen LogP contribution in [0, 0.1) is 0 Å². The van der Waals surface area contributed by atoms with Crippen molar-refractivity contribution in [2.24, 2.45) is 0 Å². The maximum Gasteiger partial charge on any atom is 1.00 e. The zero-order valence-electron chi connectivity index (χ0n) is 9.46. The van der Waals surface area contributed by atoms with Crippen molar-refractivity contribution in [1.29, 1.82) is 0 Å². The molecule has 0 saturated carbocycles. The van der Waals surface area contributed by atoms with Crippen LogP contribution >= 0.6 is 0 Å². The van der Waals surface area contributed by atoms with Gasteiger partial charge in [0, 0.05) is 11.1 Å². The zero-order valence-corrected chi connectivity index (χ0v) is 13.4. The van der Waals surface area contributed by atoms with Crippen LogP contribution in [0.4, 0.5) is 0 Å². The van der Waals surface area contributed by atoms with Gasteiger partial charge in [0.1, 0.15) is 0 Å². The second kappa shape index (κ2) is 6.48. The fourth-order valence-electron chi connectivity index (χ4n) is 0.892. The maximum absolute atomic E-state index is 11.1. The molecule has 0 saturated heterocycles. The Hall–Kier alpha value is 0.756. The number of hydrogen-bond donors (Lipinski definition) is 1. The molecule has 0 aliphatic heterocycles. The van der Waals surface area contributed by atoms with Gasteiger partial charge in [-0.05, 0) is 20.8 Å². The van der Waals surface area contributed by atoms with E-state index in [0.717, 1.165) is 0 Å². The molecule has 5 nitrogen and oxygen atoms in total. The van der Waals surface area contributed by atoms with E-state index in [0.29, 0.717) is 0 Å². The monoisotopic (exact) mass is 259 g/mol. The topological polar surface area (TPSA) is 86.3 Å².